The molecule has 0 spiro atoms. The molecule has 130 valence electrons. The molecule has 0 aliphatic rings. The highest BCUT2D eigenvalue weighted by Crippen LogP contribution is 2.36. The van der Waals surface area contributed by atoms with Crippen LogP contribution in [-0.2, 0) is 0 Å². The first-order chi connectivity index (χ1) is 12.0. The number of halogens is 1. The highest BCUT2D eigenvalue weighted by Gasteiger charge is 2.15. The number of nitrogens with zero attached hydrogens (tertiary/aromatic N) is 1. The third-order valence-electron chi connectivity index (χ3n) is 3.51. The van der Waals surface area contributed by atoms with Crippen molar-refractivity contribution in [1.29, 1.82) is 0 Å². The Bertz CT molecular complexity index is 918. The van der Waals surface area contributed by atoms with Crippen LogP contribution in [0.2, 0.25) is 0 Å². The Morgan fingerprint density at radius 2 is 1.88 bits per heavy atom. The number of nitrogens with one attached hydrogen (secondary N) is 1. The quantitative estimate of drug-likeness (QED) is 0.564. The molecule has 1 aromatic heterocycles. The number of carbonyl (C=O) groups excluding carboxylic acids is 1. The average Bonchev–Trinajstić information content (AvgIpc) is 3.04. The molecule has 2 aromatic carbocycles. The van der Waals surface area contributed by atoms with E-state index in [1.54, 1.807) is 49.5 Å². The van der Waals surface area contributed by atoms with Gasteiger partial charge in [0.2, 0.25) is 0 Å². The number of amides is 1. The van der Waals surface area contributed by atoms with Crippen LogP contribution in [0.3, 0.4) is 0 Å². The highest BCUT2D eigenvalue weighted by molar-refractivity contribution is 9.10. The molecular weight excluding hydrogens is 424 g/mol. The maximum atomic E-state index is 12.6. The van der Waals surface area contributed by atoms with Crippen molar-refractivity contribution in [3.05, 3.63) is 40.4 Å². The van der Waals surface area contributed by atoms with Gasteiger partial charge in [-0.25, -0.2) is 4.98 Å². The second-order valence-electron chi connectivity index (χ2n) is 5.02. The summed E-state index contributed by atoms with van der Waals surface area (Å²) >= 11 is 6.61. The third kappa shape index (κ3) is 3.75. The second-order valence-corrected chi connectivity index (χ2v) is 7.89. The molecular formula is C17H15BrN2O3S2. The zero-order valence-electron chi connectivity index (χ0n) is 13.8. The molecule has 0 bridgehead atoms. The average molecular weight is 439 g/mol. The van der Waals surface area contributed by atoms with Gasteiger partial charge in [0.05, 0.1) is 24.4 Å². The van der Waals surface area contributed by atoms with Crippen LogP contribution in [0, 0.1) is 0 Å². The molecule has 25 heavy (non-hydrogen) atoms. The SMILES string of the molecule is COc1cc(C(=O)Nc2ccc3nc(SC)sc3c2)cc(OC)c1Br. The van der Waals surface area contributed by atoms with E-state index in [2.05, 4.69) is 26.2 Å². The molecule has 1 N–H and O–H groups in total. The van der Waals surface area contributed by atoms with Crippen molar-refractivity contribution in [2.24, 2.45) is 0 Å². The molecule has 8 heteroatoms. The topological polar surface area (TPSA) is 60.5 Å². The van der Waals surface area contributed by atoms with Gasteiger partial charge in [0, 0.05) is 11.3 Å². The van der Waals surface area contributed by atoms with E-state index in [1.807, 2.05) is 24.5 Å². The summed E-state index contributed by atoms with van der Waals surface area (Å²) < 4.78 is 13.3. The smallest absolute Gasteiger partial charge is 0.255 e. The molecule has 0 atom stereocenters. The summed E-state index contributed by atoms with van der Waals surface area (Å²) in [6.07, 6.45) is 1.99. The molecule has 5 nitrogen and oxygen atoms in total. The molecule has 1 heterocycles. The predicted molar refractivity (Wildman–Crippen MR) is 107 cm³/mol. The lowest BCUT2D eigenvalue weighted by Gasteiger charge is -2.11. The van der Waals surface area contributed by atoms with E-state index in [0.717, 1.165) is 20.2 Å². The summed E-state index contributed by atoms with van der Waals surface area (Å²) in [4.78, 5) is 17.1. The van der Waals surface area contributed by atoms with E-state index < -0.39 is 0 Å². The lowest BCUT2D eigenvalue weighted by atomic mass is 10.1. The van der Waals surface area contributed by atoms with Gasteiger partial charge in [-0.1, -0.05) is 11.8 Å². The number of hydrogen-bond donors (Lipinski definition) is 1. The Kier molecular flexibility index (Phi) is 5.51. The number of fused-ring (bicyclic) bond motifs is 1. The number of methoxy groups -OCH3 is 2. The van der Waals surface area contributed by atoms with Crippen LogP contribution in [0.4, 0.5) is 5.69 Å². The lowest BCUT2D eigenvalue weighted by Crippen LogP contribution is -2.12. The first kappa shape index (κ1) is 18.0. The minimum Gasteiger partial charge on any atom is -0.495 e. The van der Waals surface area contributed by atoms with Crippen LogP contribution in [-0.4, -0.2) is 31.4 Å². The number of thioether (sulfide) groups is 1. The Labute approximate surface area is 161 Å². The van der Waals surface area contributed by atoms with Gasteiger partial charge in [-0.3, -0.25) is 4.79 Å². The van der Waals surface area contributed by atoms with Crippen molar-refractivity contribution in [3.8, 4) is 11.5 Å². The summed E-state index contributed by atoms with van der Waals surface area (Å²) in [5.41, 5.74) is 2.10. The molecule has 0 aliphatic heterocycles. The van der Waals surface area contributed by atoms with Crippen LogP contribution in [0.25, 0.3) is 10.2 Å². The normalized spacial score (nSPS) is 10.7. The molecule has 0 unspecified atom stereocenters. The number of aromatic nitrogens is 1. The first-order valence-corrected chi connectivity index (χ1v) is 10.1. The minimum absolute atomic E-state index is 0.238. The first-order valence-electron chi connectivity index (χ1n) is 7.23. The molecule has 0 saturated heterocycles. The van der Waals surface area contributed by atoms with Crippen molar-refractivity contribution < 1.29 is 14.3 Å². The van der Waals surface area contributed by atoms with Gasteiger partial charge in [-0.15, -0.1) is 11.3 Å². The van der Waals surface area contributed by atoms with E-state index in [4.69, 9.17) is 9.47 Å². The van der Waals surface area contributed by atoms with Crippen molar-refractivity contribution in [2.75, 3.05) is 25.8 Å². The largest absolute Gasteiger partial charge is 0.495 e. The minimum atomic E-state index is -0.238. The summed E-state index contributed by atoms with van der Waals surface area (Å²) in [5.74, 6) is 0.831. The van der Waals surface area contributed by atoms with Crippen LogP contribution in [0.5, 0.6) is 11.5 Å². The summed E-state index contributed by atoms with van der Waals surface area (Å²) in [5, 5.41) is 2.91. The zero-order valence-corrected chi connectivity index (χ0v) is 17.0. The molecule has 0 radical (unpaired) electrons. The number of ether oxygens (including phenoxy) is 2. The molecule has 1 amide bonds. The summed E-state index contributed by atoms with van der Waals surface area (Å²) in [7, 11) is 3.09. The van der Waals surface area contributed by atoms with Gasteiger partial charge >= 0.3 is 0 Å². The predicted octanol–water partition coefficient (Wildman–Crippen LogP) is 5.05. The van der Waals surface area contributed by atoms with Crippen LogP contribution in [0.15, 0.2) is 39.1 Å². The molecule has 3 aromatic rings. The van der Waals surface area contributed by atoms with Gasteiger partial charge < -0.3 is 14.8 Å². The van der Waals surface area contributed by atoms with Gasteiger partial charge in [0.25, 0.3) is 5.91 Å². The van der Waals surface area contributed by atoms with Crippen molar-refractivity contribution in [2.45, 2.75) is 4.34 Å². The number of thiazole rings is 1. The number of hydrogen-bond acceptors (Lipinski definition) is 6. The fourth-order valence-corrected chi connectivity index (χ4v) is 4.35. The van der Waals surface area contributed by atoms with E-state index in [0.29, 0.717) is 21.5 Å². The molecule has 3 rings (SSSR count). The van der Waals surface area contributed by atoms with E-state index in [9.17, 15) is 4.79 Å². The second kappa shape index (κ2) is 7.63. The maximum absolute atomic E-state index is 12.6. The van der Waals surface area contributed by atoms with Gasteiger partial charge in [0.1, 0.15) is 16.0 Å². The maximum Gasteiger partial charge on any atom is 0.255 e. The number of carbonyl (C=O) groups is 1. The standard InChI is InChI=1S/C17H15BrN2O3S2/c1-22-12-6-9(7-13(23-2)15(12)18)16(21)19-10-4-5-11-14(8-10)25-17(20-11)24-3/h4-8H,1-3H3,(H,19,21). The van der Waals surface area contributed by atoms with Gasteiger partial charge in [-0.05, 0) is 52.5 Å². The molecule has 0 fully saturated rings. The highest BCUT2D eigenvalue weighted by atomic mass is 79.9. The van der Waals surface area contributed by atoms with E-state index in [-0.39, 0.29) is 5.91 Å². The summed E-state index contributed by atoms with van der Waals surface area (Å²) in [6, 6.07) is 9.01. The van der Waals surface area contributed by atoms with Crippen molar-refractivity contribution in [1.82, 2.24) is 4.98 Å². The van der Waals surface area contributed by atoms with Crippen LogP contribution in [0.1, 0.15) is 10.4 Å². The van der Waals surface area contributed by atoms with Crippen molar-refractivity contribution >= 4 is 60.8 Å². The summed E-state index contributed by atoms with van der Waals surface area (Å²) in [6.45, 7) is 0. The number of rotatable bonds is 5. The molecule has 0 aliphatic carbocycles. The van der Waals surface area contributed by atoms with Gasteiger partial charge in [0.15, 0.2) is 4.34 Å². The Morgan fingerprint density at radius 3 is 2.48 bits per heavy atom. The number of benzene rings is 2. The van der Waals surface area contributed by atoms with Crippen LogP contribution >= 0.6 is 39.0 Å². The van der Waals surface area contributed by atoms with E-state index >= 15 is 0 Å². The fraction of sp³-hybridized carbons (Fsp3) is 0.176. The zero-order chi connectivity index (χ0) is 18.0. The fourth-order valence-electron chi connectivity index (χ4n) is 2.27. The van der Waals surface area contributed by atoms with Crippen molar-refractivity contribution in [3.63, 3.8) is 0 Å². The number of anilines is 1. The Balaban J connectivity index is 1.89. The van der Waals surface area contributed by atoms with Gasteiger partial charge in [-0.2, -0.15) is 0 Å². The Morgan fingerprint density at radius 1 is 1.20 bits per heavy atom. The monoisotopic (exact) mass is 438 g/mol. The molecule has 0 saturated carbocycles. The third-order valence-corrected chi connectivity index (χ3v) is 6.29. The Hall–Kier alpha value is -1.77. The van der Waals surface area contributed by atoms with E-state index in [1.165, 1.54) is 0 Å². The van der Waals surface area contributed by atoms with Crippen LogP contribution < -0.4 is 14.8 Å². The lowest BCUT2D eigenvalue weighted by molar-refractivity contribution is 0.102.